The third kappa shape index (κ3) is 5.81. The van der Waals surface area contributed by atoms with E-state index < -0.39 is 23.5 Å². The summed E-state index contributed by atoms with van der Waals surface area (Å²) in [5, 5.41) is 14.0. The van der Waals surface area contributed by atoms with Crippen LogP contribution < -0.4 is 16.6 Å². The molecule has 8 nitrogen and oxygen atoms in total. The molecule has 4 N–H and O–H groups in total. The maximum atomic E-state index is 12.9. The van der Waals surface area contributed by atoms with E-state index in [4.69, 9.17) is 5.73 Å². The van der Waals surface area contributed by atoms with Gasteiger partial charge in [0.15, 0.2) is 0 Å². The monoisotopic (exact) mass is 434 g/mol. The summed E-state index contributed by atoms with van der Waals surface area (Å²) in [6.45, 7) is 2.31. The first-order chi connectivity index (χ1) is 15.3. The molecule has 1 aromatic heterocycles. The molecule has 0 aliphatic heterocycles. The lowest BCUT2D eigenvalue weighted by Gasteiger charge is -2.14. The second kappa shape index (κ2) is 10.4. The van der Waals surface area contributed by atoms with Gasteiger partial charge in [0.1, 0.15) is 11.6 Å². The van der Waals surface area contributed by atoms with E-state index in [1.165, 1.54) is 10.6 Å². The molecule has 32 heavy (non-hydrogen) atoms. The summed E-state index contributed by atoms with van der Waals surface area (Å²) >= 11 is 0. The first-order valence-corrected chi connectivity index (χ1v) is 10.3. The van der Waals surface area contributed by atoms with Gasteiger partial charge in [-0.05, 0) is 54.3 Å². The first-order valence-electron chi connectivity index (χ1n) is 10.3. The number of pyridine rings is 1. The predicted molar refractivity (Wildman–Crippen MR) is 124 cm³/mol. The highest BCUT2D eigenvalue weighted by Crippen LogP contribution is 2.16. The second-order valence-corrected chi connectivity index (χ2v) is 7.57. The fraction of sp³-hybridized carbons (Fsp3) is 0.250. The highest BCUT2D eigenvalue weighted by Gasteiger charge is 2.22. The van der Waals surface area contributed by atoms with Crippen LogP contribution in [0.3, 0.4) is 0 Å². The lowest BCUT2D eigenvalue weighted by atomic mass is 10.1. The average molecular weight is 434 g/mol. The van der Waals surface area contributed by atoms with Gasteiger partial charge in [-0.3, -0.25) is 14.6 Å². The number of hydrogen-bond acceptors (Lipinski definition) is 4. The molecule has 166 valence electrons. The van der Waals surface area contributed by atoms with Gasteiger partial charge in [0, 0.05) is 12.7 Å². The molecule has 0 unspecified atom stereocenters. The summed E-state index contributed by atoms with van der Waals surface area (Å²) in [4.78, 5) is 41.1. The molecule has 0 bridgehead atoms. The standard InChI is InChI=1S/C24H26N4O4/c1-16(25)26-12-4-9-21(24(31)32)27-22(29)20-8-5-13-28(23(20)30)15-17-10-11-18-6-2-3-7-19(18)14-17/h2-3,5-8,10-11,13-14,21H,4,9,12,15H2,1H3,(H2,25,26)(H,27,29)(H,31,32)/t21-/m0/s1. The Bertz CT molecular complexity index is 1210. The van der Waals surface area contributed by atoms with Gasteiger partial charge in [0.05, 0.1) is 12.4 Å². The van der Waals surface area contributed by atoms with E-state index >= 15 is 0 Å². The van der Waals surface area contributed by atoms with E-state index in [9.17, 15) is 19.5 Å². The predicted octanol–water partition coefficient (Wildman–Crippen LogP) is 2.39. The third-order valence-electron chi connectivity index (χ3n) is 5.05. The van der Waals surface area contributed by atoms with Crippen molar-refractivity contribution in [3.8, 4) is 0 Å². The van der Waals surface area contributed by atoms with Gasteiger partial charge >= 0.3 is 5.97 Å². The molecule has 8 heteroatoms. The summed E-state index contributed by atoms with van der Waals surface area (Å²) < 4.78 is 1.44. The van der Waals surface area contributed by atoms with Crippen molar-refractivity contribution in [1.82, 2.24) is 9.88 Å². The van der Waals surface area contributed by atoms with Crippen LogP contribution in [0.2, 0.25) is 0 Å². The smallest absolute Gasteiger partial charge is 0.326 e. The number of nitrogens with zero attached hydrogens (tertiary/aromatic N) is 2. The van der Waals surface area contributed by atoms with Gasteiger partial charge in [0.2, 0.25) is 0 Å². The van der Waals surface area contributed by atoms with E-state index in [0.29, 0.717) is 25.3 Å². The van der Waals surface area contributed by atoms with E-state index in [0.717, 1.165) is 16.3 Å². The van der Waals surface area contributed by atoms with Crippen molar-refractivity contribution >= 4 is 28.5 Å². The summed E-state index contributed by atoms with van der Waals surface area (Å²) in [5.74, 6) is -1.47. The van der Waals surface area contributed by atoms with Crippen LogP contribution in [0.1, 0.15) is 35.7 Å². The van der Waals surface area contributed by atoms with Crippen LogP contribution >= 0.6 is 0 Å². The van der Waals surface area contributed by atoms with E-state index in [1.807, 2.05) is 42.5 Å². The molecule has 1 amide bonds. The maximum Gasteiger partial charge on any atom is 0.326 e. The minimum Gasteiger partial charge on any atom is -0.480 e. The lowest BCUT2D eigenvalue weighted by molar-refractivity contribution is -0.139. The number of hydrogen-bond donors (Lipinski definition) is 3. The second-order valence-electron chi connectivity index (χ2n) is 7.57. The summed E-state index contributed by atoms with van der Waals surface area (Å²) in [6.07, 6.45) is 2.22. The van der Waals surface area contributed by atoms with Crippen molar-refractivity contribution in [1.29, 1.82) is 0 Å². The van der Waals surface area contributed by atoms with Crippen molar-refractivity contribution in [2.75, 3.05) is 6.54 Å². The largest absolute Gasteiger partial charge is 0.480 e. The average Bonchev–Trinajstić information content (AvgIpc) is 2.76. The van der Waals surface area contributed by atoms with Crippen LogP contribution in [0.15, 0.2) is 70.6 Å². The molecule has 2 aromatic carbocycles. The number of carbonyl (C=O) groups excluding carboxylic acids is 1. The molecular formula is C24H26N4O4. The molecular weight excluding hydrogens is 408 g/mol. The number of amidine groups is 1. The van der Waals surface area contributed by atoms with E-state index in [-0.39, 0.29) is 12.0 Å². The summed E-state index contributed by atoms with van der Waals surface area (Å²) in [7, 11) is 0. The number of rotatable bonds is 9. The number of amides is 1. The lowest BCUT2D eigenvalue weighted by Crippen LogP contribution is -2.43. The number of fused-ring (bicyclic) bond motifs is 1. The van der Waals surface area contributed by atoms with Gasteiger partial charge in [-0.15, -0.1) is 0 Å². The van der Waals surface area contributed by atoms with Crippen molar-refractivity contribution in [2.45, 2.75) is 32.4 Å². The number of nitrogens with two attached hydrogens (primary N) is 1. The van der Waals surface area contributed by atoms with Crippen molar-refractivity contribution < 1.29 is 14.7 Å². The molecule has 0 aliphatic carbocycles. The Kier molecular flexibility index (Phi) is 7.38. The highest BCUT2D eigenvalue weighted by molar-refractivity contribution is 5.96. The molecule has 1 atom stereocenters. The van der Waals surface area contributed by atoms with Gasteiger partial charge in [0.25, 0.3) is 11.5 Å². The molecule has 0 saturated heterocycles. The fourth-order valence-corrected chi connectivity index (χ4v) is 3.41. The van der Waals surface area contributed by atoms with Crippen LogP contribution in [0.4, 0.5) is 0 Å². The van der Waals surface area contributed by atoms with Gasteiger partial charge in [-0.1, -0.05) is 36.4 Å². The summed E-state index contributed by atoms with van der Waals surface area (Å²) in [5.41, 5.74) is 5.80. The third-order valence-corrected chi connectivity index (χ3v) is 5.05. The minimum atomic E-state index is -1.17. The Morgan fingerprint density at radius 3 is 2.59 bits per heavy atom. The Balaban J connectivity index is 1.74. The van der Waals surface area contributed by atoms with Gasteiger partial charge in [-0.2, -0.15) is 0 Å². The minimum absolute atomic E-state index is 0.102. The van der Waals surface area contributed by atoms with Crippen LogP contribution in [0.25, 0.3) is 10.8 Å². The number of benzene rings is 2. The Morgan fingerprint density at radius 1 is 1.12 bits per heavy atom. The SMILES string of the molecule is CC(N)=NCCC[C@H](NC(=O)c1cccn(Cc2ccc3ccccc3c2)c1=O)C(=O)O. The van der Waals surface area contributed by atoms with Crippen LogP contribution in [0, 0.1) is 0 Å². The van der Waals surface area contributed by atoms with Crippen molar-refractivity contribution in [3.05, 3.63) is 82.3 Å². The Hall–Kier alpha value is -3.94. The highest BCUT2D eigenvalue weighted by atomic mass is 16.4. The zero-order chi connectivity index (χ0) is 23.1. The van der Waals surface area contributed by atoms with E-state index in [1.54, 1.807) is 19.2 Å². The molecule has 0 fully saturated rings. The summed E-state index contributed by atoms with van der Waals surface area (Å²) in [6, 6.07) is 15.7. The Morgan fingerprint density at radius 2 is 1.88 bits per heavy atom. The first kappa shape index (κ1) is 22.7. The fourth-order valence-electron chi connectivity index (χ4n) is 3.41. The van der Waals surface area contributed by atoms with E-state index in [2.05, 4.69) is 10.3 Å². The number of aromatic nitrogens is 1. The Labute approximate surface area is 185 Å². The quantitative estimate of drug-likeness (QED) is 0.271. The number of nitrogens with one attached hydrogen (secondary N) is 1. The molecule has 1 heterocycles. The zero-order valence-corrected chi connectivity index (χ0v) is 17.8. The van der Waals surface area contributed by atoms with Crippen LogP contribution in [0.5, 0.6) is 0 Å². The normalized spacial score (nSPS) is 12.5. The molecule has 0 saturated carbocycles. The number of carboxylic acid groups (broad SMARTS) is 1. The maximum absolute atomic E-state index is 12.9. The molecule has 0 aliphatic rings. The zero-order valence-electron chi connectivity index (χ0n) is 17.8. The van der Waals surface area contributed by atoms with Crippen molar-refractivity contribution in [2.24, 2.45) is 10.7 Å². The number of aliphatic imine (C=N–C) groups is 1. The number of carbonyl (C=O) groups is 2. The molecule has 0 spiro atoms. The molecule has 3 aromatic rings. The van der Waals surface area contributed by atoms with Crippen LogP contribution in [-0.4, -0.2) is 40.0 Å². The molecule has 3 rings (SSSR count). The van der Waals surface area contributed by atoms with Crippen LogP contribution in [-0.2, 0) is 11.3 Å². The topological polar surface area (TPSA) is 127 Å². The van der Waals surface area contributed by atoms with Crippen molar-refractivity contribution in [3.63, 3.8) is 0 Å². The number of carboxylic acids is 1. The van der Waals surface area contributed by atoms with Gasteiger partial charge in [-0.25, -0.2) is 4.79 Å². The number of aliphatic carboxylic acids is 1. The van der Waals surface area contributed by atoms with Gasteiger partial charge < -0.3 is 20.7 Å². The molecule has 0 radical (unpaired) electrons.